The molecule has 1 aliphatic heterocycles. The van der Waals surface area contributed by atoms with E-state index in [0.29, 0.717) is 24.0 Å². The summed E-state index contributed by atoms with van der Waals surface area (Å²) in [5.74, 6) is 0.481. The first-order chi connectivity index (χ1) is 12.1. The average Bonchev–Trinajstić information content (AvgIpc) is 3.14. The Hall–Kier alpha value is -2.85. The van der Waals surface area contributed by atoms with Gasteiger partial charge in [-0.3, -0.25) is 13.9 Å². The molecule has 0 bridgehead atoms. The molecule has 1 aromatic heterocycles. The summed E-state index contributed by atoms with van der Waals surface area (Å²) >= 11 is 0. The van der Waals surface area contributed by atoms with Gasteiger partial charge in [-0.2, -0.15) is 5.26 Å². The largest absolute Gasteiger partial charge is 0.370 e. The molecule has 1 fully saturated rings. The minimum Gasteiger partial charge on any atom is -0.370 e. The van der Waals surface area contributed by atoms with Crippen LogP contribution in [0.3, 0.4) is 0 Å². The quantitative estimate of drug-likeness (QED) is 0.834. The van der Waals surface area contributed by atoms with Crippen molar-refractivity contribution in [3.63, 3.8) is 0 Å². The van der Waals surface area contributed by atoms with E-state index in [9.17, 15) is 14.9 Å². The van der Waals surface area contributed by atoms with Gasteiger partial charge in [-0.1, -0.05) is 18.2 Å². The predicted octanol–water partition coefficient (Wildman–Crippen LogP) is 0.631. The van der Waals surface area contributed by atoms with Crippen LogP contribution in [0.5, 0.6) is 0 Å². The van der Waals surface area contributed by atoms with Crippen LogP contribution in [0.2, 0.25) is 0 Å². The van der Waals surface area contributed by atoms with Crippen molar-refractivity contribution in [3.05, 3.63) is 62.3 Å². The van der Waals surface area contributed by atoms with Gasteiger partial charge in [0, 0.05) is 25.7 Å². The van der Waals surface area contributed by atoms with E-state index < -0.39 is 5.69 Å². The smallest absolute Gasteiger partial charge is 0.332 e. The van der Waals surface area contributed by atoms with Gasteiger partial charge >= 0.3 is 5.69 Å². The molecule has 7 heteroatoms. The van der Waals surface area contributed by atoms with Crippen molar-refractivity contribution >= 4 is 5.82 Å². The van der Waals surface area contributed by atoms with Crippen LogP contribution < -0.4 is 21.9 Å². The van der Waals surface area contributed by atoms with Crippen LogP contribution in [0.15, 0.2) is 39.9 Å². The molecule has 7 nitrogen and oxygen atoms in total. The zero-order valence-corrected chi connectivity index (χ0v) is 14.2. The lowest BCUT2D eigenvalue weighted by atomic mass is 10.1. The molecule has 0 unspecified atom stereocenters. The third-order valence-corrected chi connectivity index (χ3v) is 4.56. The molecule has 0 spiro atoms. The zero-order valence-electron chi connectivity index (χ0n) is 14.2. The number of rotatable bonds is 5. The van der Waals surface area contributed by atoms with E-state index in [1.807, 2.05) is 12.1 Å². The van der Waals surface area contributed by atoms with Crippen molar-refractivity contribution in [3.8, 4) is 6.07 Å². The third kappa shape index (κ3) is 3.64. The molecule has 1 aliphatic rings. The third-order valence-electron chi connectivity index (χ3n) is 4.56. The molecule has 1 saturated heterocycles. The summed E-state index contributed by atoms with van der Waals surface area (Å²) < 4.78 is 2.58. The van der Waals surface area contributed by atoms with E-state index in [1.54, 1.807) is 12.1 Å². The van der Waals surface area contributed by atoms with E-state index in [1.165, 1.54) is 17.7 Å². The lowest BCUT2D eigenvalue weighted by Crippen LogP contribution is -2.40. The van der Waals surface area contributed by atoms with E-state index >= 15 is 0 Å². The van der Waals surface area contributed by atoms with Crippen molar-refractivity contribution in [1.29, 1.82) is 5.26 Å². The molecule has 0 saturated carbocycles. The maximum absolute atomic E-state index is 12.6. The topological polar surface area (TPSA) is 91.8 Å². The predicted molar refractivity (Wildman–Crippen MR) is 95.7 cm³/mol. The molecule has 0 amide bonds. The van der Waals surface area contributed by atoms with Crippen LogP contribution in [-0.2, 0) is 13.6 Å². The Morgan fingerprint density at radius 2 is 2.16 bits per heavy atom. The number of hydrogen-bond donors (Lipinski definition) is 2. The van der Waals surface area contributed by atoms with E-state index in [0.717, 1.165) is 29.5 Å². The lowest BCUT2D eigenvalue weighted by molar-refractivity contribution is 0.615. The SMILES string of the molecule is Cn1c(=O)cc(NC[C@H]2CCCN2)n(Cc2ccccc2C#N)c1=O. The molecular formula is C18H21N5O2. The second kappa shape index (κ2) is 7.36. The number of hydrogen-bond acceptors (Lipinski definition) is 5. The highest BCUT2D eigenvalue weighted by Gasteiger charge is 2.16. The Labute approximate surface area is 145 Å². The summed E-state index contributed by atoms with van der Waals surface area (Å²) in [5.41, 5.74) is 0.512. The monoisotopic (exact) mass is 339 g/mol. The Morgan fingerprint density at radius 1 is 1.36 bits per heavy atom. The molecule has 1 atom stereocenters. The van der Waals surface area contributed by atoms with E-state index in [2.05, 4.69) is 16.7 Å². The zero-order chi connectivity index (χ0) is 17.8. The maximum Gasteiger partial charge on any atom is 0.332 e. The first kappa shape index (κ1) is 17.0. The molecule has 2 aromatic rings. The number of anilines is 1. The van der Waals surface area contributed by atoms with Gasteiger partial charge in [-0.25, -0.2) is 4.79 Å². The standard InChI is InChI=1S/C18H21N5O2/c1-22-17(24)9-16(21-11-15-7-4-8-20-15)23(18(22)25)12-14-6-3-2-5-13(14)10-19/h2-3,5-6,9,15,20-21H,4,7-8,11-12H2,1H3/t15-/m1/s1. The van der Waals surface area contributed by atoms with Gasteiger partial charge < -0.3 is 10.6 Å². The van der Waals surface area contributed by atoms with E-state index in [4.69, 9.17) is 0 Å². The summed E-state index contributed by atoms with van der Waals surface area (Å²) in [6.07, 6.45) is 2.20. The van der Waals surface area contributed by atoms with Gasteiger partial charge in [-0.05, 0) is 31.0 Å². The van der Waals surface area contributed by atoms with Crippen molar-refractivity contribution in [1.82, 2.24) is 14.5 Å². The number of nitrogens with one attached hydrogen (secondary N) is 2. The van der Waals surface area contributed by atoms with Gasteiger partial charge in [0.2, 0.25) is 0 Å². The Kier molecular flexibility index (Phi) is 5.00. The maximum atomic E-state index is 12.6. The van der Waals surface area contributed by atoms with Crippen LogP contribution in [0.25, 0.3) is 0 Å². The van der Waals surface area contributed by atoms with Crippen molar-refractivity contribution in [2.75, 3.05) is 18.4 Å². The molecular weight excluding hydrogens is 318 g/mol. The van der Waals surface area contributed by atoms with Crippen molar-refractivity contribution in [2.24, 2.45) is 7.05 Å². The molecule has 0 aliphatic carbocycles. The fourth-order valence-electron chi connectivity index (χ4n) is 3.07. The Balaban J connectivity index is 1.95. The van der Waals surface area contributed by atoms with Crippen LogP contribution in [0.4, 0.5) is 5.82 Å². The Bertz CT molecular complexity index is 916. The Morgan fingerprint density at radius 3 is 2.88 bits per heavy atom. The first-order valence-electron chi connectivity index (χ1n) is 8.36. The average molecular weight is 339 g/mol. The molecule has 1 aromatic carbocycles. The summed E-state index contributed by atoms with van der Waals surface area (Å²) in [7, 11) is 1.46. The molecule has 2 heterocycles. The number of benzene rings is 1. The van der Waals surface area contributed by atoms with Gasteiger partial charge in [0.15, 0.2) is 0 Å². The van der Waals surface area contributed by atoms with Gasteiger partial charge in [0.25, 0.3) is 5.56 Å². The number of nitrogens with zero attached hydrogens (tertiary/aromatic N) is 3. The van der Waals surface area contributed by atoms with Crippen molar-refractivity contribution in [2.45, 2.75) is 25.4 Å². The molecule has 25 heavy (non-hydrogen) atoms. The number of aromatic nitrogens is 2. The van der Waals surface area contributed by atoms with Gasteiger partial charge in [0.1, 0.15) is 5.82 Å². The molecule has 2 N–H and O–H groups in total. The lowest BCUT2D eigenvalue weighted by Gasteiger charge is -2.18. The second-order valence-electron chi connectivity index (χ2n) is 6.24. The second-order valence-corrected chi connectivity index (χ2v) is 6.24. The summed E-state index contributed by atoms with van der Waals surface area (Å²) in [5, 5.41) is 15.9. The van der Waals surface area contributed by atoms with Crippen LogP contribution in [0.1, 0.15) is 24.0 Å². The fourth-order valence-corrected chi connectivity index (χ4v) is 3.07. The van der Waals surface area contributed by atoms with Crippen LogP contribution in [0, 0.1) is 11.3 Å². The van der Waals surface area contributed by atoms with Crippen molar-refractivity contribution < 1.29 is 0 Å². The molecule has 0 radical (unpaired) electrons. The van der Waals surface area contributed by atoms with Gasteiger partial charge in [0.05, 0.1) is 18.2 Å². The first-order valence-corrected chi connectivity index (χ1v) is 8.36. The van der Waals surface area contributed by atoms with Gasteiger partial charge in [-0.15, -0.1) is 0 Å². The van der Waals surface area contributed by atoms with Crippen LogP contribution >= 0.6 is 0 Å². The normalized spacial score (nSPS) is 16.6. The minimum atomic E-state index is -0.401. The van der Waals surface area contributed by atoms with Crippen LogP contribution in [-0.4, -0.2) is 28.3 Å². The number of nitriles is 1. The molecule has 130 valence electrons. The summed E-state index contributed by atoms with van der Waals surface area (Å²) in [4.78, 5) is 24.6. The molecule has 3 rings (SSSR count). The summed E-state index contributed by atoms with van der Waals surface area (Å²) in [6.45, 7) is 1.87. The highest BCUT2D eigenvalue weighted by molar-refractivity contribution is 5.40. The minimum absolute atomic E-state index is 0.233. The highest BCUT2D eigenvalue weighted by atomic mass is 16.2. The summed E-state index contributed by atoms with van der Waals surface area (Å²) in [6, 6.07) is 11.1. The van der Waals surface area contributed by atoms with E-state index in [-0.39, 0.29) is 12.1 Å². The highest BCUT2D eigenvalue weighted by Crippen LogP contribution is 2.12. The fraction of sp³-hybridized carbons (Fsp3) is 0.389.